The third kappa shape index (κ3) is 5.18. The van der Waals surface area contributed by atoms with Crippen molar-refractivity contribution in [1.29, 1.82) is 0 Å². The molecule has 0 saturated carbocycles. The van der Waals surface area contributed by atoms with Crippen LogP contribution < -0.4 is 5.32 Å². The molecule has 29 heavy (non-hydrogen) atoms. The van der Waals surface area contributed by atoms with Crippen LogP contribution in [0, 0.1) is 0 Å². The van der Waals surface area contributed by atoms with Gasteiger partial charge in [0.25, 0.3) is 0 Å². The number of thioether (sulfide) groups is 1. The SMILES string of the molecule is O=C1N/C(=N/N=C\c2ccc(-c3ccc(Cl)cc3)o2)S[C@@H]1Cc1ccc(Br)cc1. The molecule has 1 saturated heterocycles. The van der Waals surface area contributed by atoms with Crippen LogP contribution >= 0.6 is 39.3 Å². The number of hydrogen-bond acceptors (Lipinski definition) is 5. The van der Waals surface area contributed by atoms with E-state index in [1.807, 2.05) is 60.7 Å². The zero-order chi connectivity index (χ0) is 20.2. The Bertz CT molecular complexity index is 1080. The third-order valence-electron chi connectivity index (χ3n) is 4.20. The predicted molar refractivity (Wildman–Crippen MR) is 122 cm³/mol. The van der Waals surface area contributed by atoms with Crippen LogP contribution in [0.5, 0.6) is 0 Å². The Hall–Kier alpha value is -2.35. The Labute approximate surface area is 185 Å². The lowest BCUT2D eigenvalue weighted by Gasteiger charge is -2.05. The Balaban J connectivity index is 1.38. The summed E-state index contributed by atoms with van der Waals surface area (Å²) in [4.78, 5) is 12.2. The first kappa shape index (κ1) is 19.9. The number of carbonyl (C=O) groups is 1. The quantitative estimate of drug-likeness (QED) is 0.379. The highest BCUT2D eigenvalue weighted by Crippen LogP contribution is 2.25. The molecule has 0 radical (unpaired) electrons. The fourth-order valence-electron chi connectivity index (χ4n) is 2.75. The minimum absolute atomic E-state index is 0.0603. The lowest BCUT2D eigenvalue weighted by molar-refractivity contribution is -0.118. The van der Waals surface area contributed by atoms with Gasteiger partial charge in [0.05, 0.1) is 11.5 Å². The average Bonchev–Trinajstić information content (AvgIpc) is 3.31. The molecule has 0 bridgehead atoms. The number of rotatable bonds is 5. The summed E-state index contributed by atoms with van der Waals surface area (Å²) in [6, 6.07) is 19.0. The van der Waals surface area contributed by atoms with Crippen molar-refractivity contribution in [3.05, 3.63) is 81.5 Å². The van der Waals surface area contributed by atoms with E-state index in [9.17, 15) is 4.79 Å². The maximum Gasteiger partial charge on any atom is 0.239 e. The molecule has 1 N–H and O–H groups in total. The van der Waals surface area contributed by atoms with Gasteiger partial charge < -0.3 is 9.73 Å². The molecule has 0 aliphatic carbocycles. The Morgan fingerprint density at radius 2 is 1.86 bits per heavy atom. The highest BCUT2D eigenvalue weighted by molar-refractivity contribution is 9.10. The third-order valence-corrected chi connectivity index (χ3v) is 6.05. The van der Waals surface area contributed by atoms with Crippen LogP contribution in [0.2, 0.25) is 5.02 Å². The number of amides is 1. The van der Waals surface area contributed by atoms with Gasteiger partial charge in [0.1, 0.15) is 11.5 Å². The molecule has 0 unspecified atom stereocenters. The Morgan fingerprint density at radius 1 is 1.10 bits per heavy atom. The van der Waals surface area contributed by atoms with Gasteiger partial charge in [-0.2, -0.15) is 5.10 Å². The fraction of sp³-hybridized carbons (Fsp3) is 0.0952. The van der Waals surface area contributed by atoms with Crippen molar-refractivity contribution in [3.63, 3.8) is 0 Å². The number of halogens is 2. The second-order valence-electron chi connectivity index (χ2n) is 6.28. The summed E-state index contributed by atoms with van der Waals surface area (Å²) in [5.74, 6) is 1.23. The molecular weight excluding hydrogens is 474 g/mol. The van der Waals surface area contributed by atoms with Crippen molar-refractivity contribution in [1.82, 2.24) is 5.32 Å². The van der Waals surface area contributed by atoms with Crippen molar-refractivity contribution in [2.75, 3.05) is 0 Å². The highest BCUT2D eigenvalue weighted by Gasteiger charge is 2.30. The molecule has 2 heterocycles. The molecule has 1 aliphatic rings. The van der Waals surface area contributed by atoms with E-state index in [2.05, 4.69) is 31.4 Å². The largest absolute Gasteiger partial charge is 0.455 e. The molecule has 1 amide bonds. The minimum atomic E-state index is -0.217. The summed E-state index contributed by atoms with van der Waals surface area (Å²) >= 11 is 10.7. The molecule has 2 aromatic carbocycles. The molecule has 1 atom stereocenters. The molecule has 1 fully saturated rings. The van der Waals surface area contributed by atoms with Crippen molar-refractivity contribution < 1.29 is 9.21 Å². The van der Waals surface area contributed by atoms with E-state index >= 15 is 0 Å². The Kier molecular flexibility index (Phi) is 6.18. The van der Waals surface area contributed by atoms with Crippen LogP contribution in [-0.4, -0.2) is 22.5 Å². The molecule has 0 spiro atoms. The number of carbonyl (C=O) groups excluding carboxylic acids is 1. The van der Waals surface area contributed by atoms with Crippen LogP contribution in [0.4, 0.5) is 0 Å². The lowest BCUT2D eigenvalue weighted by atomic mass is 10.1. The molecule has 1 aliphatic heterocycles. The molecule has 3 aromatic rings. The number of nitrogens with one attached hydrogen (secondary N) is 1. The van der Waals surface area contributed by atoms with Gasteiger partial charge >= 0.3 is 0 Å². The first-order chi connectivity index (χ1) is 14.1. The van der Waals surface area contributed by atoms with Gasteiger partial charge in [0, 0.05) is 15.1 Å². The summed E-state index contributed by atoms with van der Waals surface area (Å²) in [6.07, 6.45) is 2.15. The van der Waals surface area contributed by atoms with E-state index < -0.39 is 0 Å². The Morgan fingerprint density at radius 3 is 2.62 bits per heavy atom. The maximum atomic E-state index is 12.2. The van der Waals surface area contributed by atoms with E-state index in [0.29, 0.717) is 28.1 Å². The van der Waals surface area contributed by atoms with Crippen LogP contribution in [0.3, 0.4) is 0 Å². The molecular formula is C21H15BrClN3O2S. The molecule has 1 aromatic heterocycles. The summed E-state index contributed by atoms with van der Waals surface area (Å²) in [6.45, 7) is 0. The smallest absolute Gasteiger partial charge is 0.239 e. The normalized spacial score (nSPS) is 17.9. The maximum absolute atomic E-state index is 12.2. The van der Waals surface area contributed by atoms with Crippen LogP contribution in [0.15, 0.2) is 79.8 Å². The van der Waals surface area contributed by atoms with Crippen LogP contribution in [0.1, 0.15) is 11.3 Å². The second-order valence-corrected chi connectivity index (χ2v) is 8.83. The van der Waals surface area contributed by atoms with Gasteiger partial charge in [0.15, 0.2) is 5.17 Å². The zero-order valence-electron chi connectivity index (χ0n) is 15.0. The van der Waals surface area contributed by atoms with Gasteiger partial charge in [-0.05, 0) is 60.5 Å². The van der Waals surface area contributed by atoms with Crippen LogP contribution in [-0.2, 0) is 11.2 Å². The number of hydrogen-bond donors (Lipinski definition) is 1. The number of benzene rings is 2. The van der Waals surface area contributed by atoms with Gasteiger partial charge in [-0.25, -0.2) is 0 Å². The number of amidine groups is 1. The van der Waals surface area contributed by atoms with Gasteiger partial charge in [-0.15, -0.1) is 5.10 Å². The average molecular weight is 489 g/mol. The summed E-state index contributed by atoms with van der Waals surface area (Å²) < 4.78 is 6.76. The van der Waals surface area contributed by atoms with E-state index in [1.54, 1.807) is 0 Å². The molecule has 146 valence electrons. The first-order valence-electron chi connectivity index (χ1n) is 8.75. The number of nitrogens with zero attached hydrogens (tertiary/aromatic N) is 2. The fourth-order valence-corrected chi connectivity index (χ4v) is 4.11. The van der Waals surface area contributed by atoms with Crippen molar-refractivity contribution in [3.8, 4) is 11.3 Å². The highest BCUT2D eigenvalue weighted by atomic mass is 79.9. The van der Waals surface area contributed by atoms with Gasteiger partial charge in [-0.1, -0.05) is 51.4 Å². The second kappa shape index (κ2) is 8.98. The van der Waals surface area contributed by atoms with E-state index in [-0.39, 0.29) is 11.2 Å². The van der Waals surface area contributed by atoms with Crippen molar-refractivity contribution in [2.45, 2.75) is 11.7 Å². The molecule has 4 rings (SSSR count). The van der Waals surface area contributed by atoms with Crippen molar-refractivity contribution in [2.24, 2.45) is 10.2 Å². The van der Waals surface area contributed by atoms with E-state index in [0.717, 1.165) is 15.6 Å². The van der Waals surface area contributed by atoms with Gasteiger partial charge in [0.2, 0.25) is 5.91 Å². The monoisotopic (exact) mass is 487 g/mol. The topological polar surface area (TPSA) is 67.0 Å². The van der Waals surface area contributed by atoms with E-state index in [1.165, 1.54) is 18.0 Å². The molecule has 5 nitrogen and oxygen atoms in total. The minimum Gasteiger partial charge on any atom is -0.455 e. The van der Waals surface area contributed by atoms with E-state index in [4.69, 9.17) is 16.0 Å². The van der Waals surface area contributed by atoms with Gasteiger partial charge in [-0.3, -0.25) is 4.79 Å². The predicted octanol–water partition coefficient (Wildman–Crippen LogP) is 5.53. The lowest BCUT2D eigenvalue weighted by Crippen LogP contribution is -2.25. The zero-order valence-corrected chi connectivity index (χ0v) is 18.2. The van der Waals surface area contributed by atoms with Crippen molar-refractivity contribution >= 4 is 56.6 Å². The first-order valence-corrected chi connectivity index (χ1v) is 10.8. The number of furan rings is 1. The standard InChI is InChI=1S/C21H15BrClN3O2S/c22-15-5-1-13(2-6-15)11-19-20(27)25-21(29-19)26-24-12-17-9-10-18(28-17)14-3-7-16(23)8-4-14/h1-10,12,19H,11H2,(H,25,26,27)/b24-12-/t19-/m1/s1. The summed E-state index contributed by atoms with van der Waals surface area (Å²) in [5.41, 5.74) is 2.02. The summed E-state index contributed by atoms with van der Waals surface area (Å²) in [5, 5.41) is 11.8. The molecule has 8 heteroatoms. The van der Waals surface area contributed by atoms with Crippen LogP contribution in [0.25, 0.3) is 11.3 Å². The summed E-state index contributed by atoms with van der Waals surface area (Å²) in [7, 11) is 0.